The zero-order chi connectivity index (χ0) is 19.2. The van der Waals surface area contributed by atoms with Crippen molar-refractivity contribution in [2.75, 3.05) is 31.6 Å². The molecule has 1 atom stereocenters. The lowest BCUT2D eigenvalue weighted by Crippen LogP contribution is -2.39. The number of amides is 1. The second-order valence-corrected chi connectivity index (χ2v) is 7.71. The van der Waals surface area contributed by atoms with E-state index in [0.29, 0.717) is 24.1 Å². The Balaban J connectivity index is 1.29. The minimum absolute atomic E-state index is 0.000674. The van der Waals surface area contributed by atoms with E-state index >= 15 is 0 Å². The van der Waals surface area contributed by atoms with E-state index in [9.17, 15) is 4.79 Å². The van der Waals surface area contributed by atoms with E-state index in [1.165, 1.54) is 5.56 Å². The Hall–Kier alpha value is -2.47. The quantitative estimate of drug-likeness (QED) is 0.834. The SMILES string of the molecule is O=C(c1ccnc(NCC2CCCO2)n1)N1CCC(Cc2ccccc2)CC1. The molecule has 28 heavy (non-hydrogen) atoms. The van der Waals surface area contributed by atoms with Crippen LogP contribution in [-0.4, -0.2) is 53.1 Å². The molecule has 6 nitrogen and oxygen atoms in total. The van der Waals surface area contributed by atoms with E-state index in [2.05, 4.69) is 45.6 Å². The molecule has 4 rings (SSSR count). The largest absolute Gasteiger partial charge is 0.376 e. The predicted octanol–water partition coefficient (Wildman–Crippen LogP) is 3.16. The number of benzene rings is 1. The highest BCUT2D eigenvalue weighted by Gasteiger charge is 2.25. The van der Waals surface area contributed by atoms with Crippen LogP contribution < -0.4 is 5.32 Å². The van der Waals surface area contributed by atoms with Crippen molar-refractivity contribution in [2.24, 2.45) is 5.92 Å². The second-order valence-electron chi connectivity index (χ2n) is 7.71. The summed E-state index contributed by atoms with van der Waals surface area (Å²) >= 11 is 0. The molecule has 0 bridgehead atoms. The van der Waals surface area contributed by atoms with Gasteiger partial charge >= 0.3 is 0 Å². The van der Waals surface area contributed by atoms with Crippen molar-refractivity contribution in [3.63, 3.8) is 0 Å². The first kappa shape index (κ1) is 18.9. The van der Waals surface area contributed by atoms with Crippen molar-refractivity contribution in [3.8, 4) is 0 Å². The van der Waals surface area contributed by atoms with Gasteiger partial charge in [-0.2, -0.15) is 0 Å². The van der Waals surface area contributed by atoms with Crippen molar-refractivity contribution in [3.05, 3.63) is 53.9 Å². The Bertz CT molecular complexity index is 769. The van der Waals surface area contributed by atoms with Gasteiger partial charge in [-0.15, -0.1) is 0 Å². The highest BCUT2D eigenvalue weighted by Crippen LogP contribution is 2.22. The highest BCUT2D eigenvalue weighted by atomic mass is 16.5. The van der Waals surface area contributed by atoms with E-state index < -0.39 is 0 Å². The van der Waals surface area contributed by atoms with Gasteiger partial charge in [-0.1, -0.05) is 30.3 Å². The summed E-state index contributed by atoms with van der Waals surface area (Å²) in [6.45, 7) is 3.09. The fourth-order valence-electron chi connectivity index (χ4n) is 4.02. The zero-order valence-corrected chi connectivity index (χ0v) is 16.2. The van der Waals surface area contributed by atoms with Gasteiger partial charge in [0.25, 0.3) is 5.91 Å². The van der Waals surface area contributed by atoms with Gasteiger partial charge < -0.3 is 15.0 Å². The molecule has 0 radical (unpaired) electrons. The number of carbonyl (C=O) groups excluding carboxylic acids is 1. The number of carbonyl (C=O) groups is 1. The molecule has 1 unspecified atom stereocenters. The maximum Gasteiger partial charge on any atom is 0.272 e. The summed E-state index contributed by atoms with van der Waals surface area (Å²) in [6, 6.07) is 12.3. The van der Waals surface area contributed by atoms with Gasteiger partial charge in [-0.25, -0.2) is 9.97 Å². The van der Waals surface area contributed by atoms with Crippen LogP contribution >= 0.6 is 0 Å². The van der Waals surface area contributed by atoms with Gasteiger partial charge in [0.15, 0.2) is 0 Å². The van der Waals surface area contributed by atoms with Gasteiger partial charge in [-0.05, 0) is 49.7 Å². The fourth-order valence-corrected chi connectivity index (χ4v) is 4.02. The fraction of sp³-hybridized carbons (Fsp3) is 0.500. The molecule has 6 heteroatoms. The summed E-state index contributed by atoms with van der Waals surface area (Å²) in [5.74, 6) is 1.14. The van der Waals surface area contributed by atoms with E-state index in [4.69, 9.17) is 4.74 Å². The number of hydrogen-bond donors (Lipinski definition) is 1. The topological polar surface area (TPSA) is 67.3 Å². The van der Waals surface area contributed by atoms with E-state index in [1.807, 2.05) is 4.90 Å². The summed E-state index contributed by atoms with van der Waals surface area (Å²) in [6.07, 6.45) is 7.20. The summed E-state index contributed by atoms with van der Waals surface area (Å²) in [5.41, 5.74) is 1.84. The smallest absolute Gasteiger partial charge is 0.272 e. The molecule has 0 spiro atoms. The molecule has 1 N–H and O–H groups in total. The van der Waals surface area contributed by atoms with Crippen molar-refractivity contribution >= 4 is 11.9 Å². The first-order valence-electron chi connectivity index (χ1n) is 10.3. The Morgan fingerprint density at radius 1 is 1.14 bits per heavy atom. The van der Waals surface area contributed by atoms with Crippen LogP contribution in [0.2, 0.25) is 0 Å². The third kappa shape index (κ3) is 4.87. The Kier molecular flexibility index (Phi) is 6.17. The summed E-state index contributed by atoms with van der Waals surface area (Å²) in [4.78, 5) is 23.4. The summed E-state index contributed by atoms with van der Waals surface area (Å²) in [7, 11) is 0. The average Bonchev–Trinajstić information content (AvgIpc) is 3.27. The maximum absolute atomic E-state index is 12.9. The monoisotopic (exact) mass is 380 g/mol. The molecule has 1 amide bonds. The minimum Gasteiger partial charge on any atom is -0.376 e. The zero-order valence-electron chi connectivity index (χ0n) is 16.2. The van der Waals surface area contributed by atoms with Crippen LogP contribution in [-0.2, 0) is 11.2 Å². The third-order valence-electron chi connectivity index (χ3n) is 5.66. The summed E-state index contributed by atoms with van der Waals surface area (Å²) in [5, 5.41) is 3.20. The minimum atomic E-state index is 0.000674. The van der Waals surface area contributed by atoms with Crippen LogP contribution in [0.4, 0.5) is 5.95 Å². The first-order chi connectivity index (χ1) is 13.8. The van der Waals surface area contributed by atoms with Crippen LogP contribution in [0.5, 0.6) is 0 Å². The van der Waals surface area contributed by atoms with Crippen LogP contribution in [0, 0.1) is 5.92 Å². The number of ether oxygens (including phenoxy) is 1. The molecule has 2 aromatic rings. The predicted molar refractivity (Wildman–Crippen MR) is 108 cm³/mol. The highest BCUT2D eigenvalue weighted by molar-refractivity contribution is 5.92. The van der Waals surface area contributed by atoms with Crippen LogP contribution in [0.3, 0.4) is 0 Å². The lowest BCUT2D eigenvalue weighted by molar-refractivity contribution is 0.0684. The van der Waals surface area contributed by atoms with E-state index in [1.54, 1.807) is 12.3 Å². The molecule has 2 aliphatic rings. The number of aromatic nitrogens is 2. The third-order valence-corrected chi connectivity index (χ3v) is 5.66. The number of nitrogens with one attached hydrogen (secondary N) is 1. The number of piperidine rings is 1. The van der Waals surface area contributed by atoms with Crippen molar-refractivity contribution in [1.82, 2.24) is 14.9 Å². The van der Waals surface area contributed by atoms with Gasteiger partial charge in [0.2, 0.25) is 5.95 Å². The molecule has 0 aliphatic carbocycles. The molecular formula is C22H28N4O2. The van der Waals surface area contributed by atoms with Gasteiger partial charge in [-0.3, -0.25) is 4.79 Å². The van der Waals surface area contributed by atoms with E-state index in [-0.39, 0.29) is 12.0 Å². The second kappa shape index (κ2) is 9.15. The normalized spacial score (nSPS) is 20.3. The molecule has 2 fully saturated rings. The van der Waals surface area contributed by atoms with Crippen LogP contribution in [0.15, 0.2) is 42.6 Å². The maximum atomic E-state index is 12.9. The van der Waals surface area contributed by atoms with Gasteiger partial charge in [0, 0.05) is 32.4 Å². The molecule has 148 valence electrons. The lowest BCUT2D eigenvalue weighted by atomic mass is 9.90. The molecule has 2 saturated heterocycles. The van der Waals surface area contributed by atoms with Gasteiger partial charge in [0.05, 0.1) is 6.10 Å². The Morgan fingerprint density at radius 3 is 2.71 bits per heavy atom. The first-order valence-corrected chi connectivity index (χ1v) is 10.3. The number of likely N-dealkylation sites (tertiary alicyclic amines) is 1. The molecule has 3 heterocycles. The van der Waals surface area contributed by atoms with E-state index in [0.717, 1.165) is 51.8 Å². The molecular weight excluding hydrogens is 352 g/mol. The summed E-state index contributed by atoms with van der Waals surface area (Å²) < 4.78 is 5.61. The average molecular weight is 380 g/mol. The van der Waals surface area contributed by atoms with Crippen molar-refractivity contribution in [1.29, 1.82) is 0 Å². The van der Waals surface area contributed by atoms with Crippen molar-refractivity contribution < 1.29 is 9.53 Å². The molecule has 1 aromatic carbocycles. The van der Waals surface area contributed by atoms with Crippen LogP contribution in [0.25, 0.3) is 0 Å². The number of nitrogens with zero attached hydrogens (tertiary/aromatic N) is 3. The number of rotatable bonds is 6. The lowest BCUT2D eigenvalue weighted by Gasteiger charge is -2.32. The van der Waals surface area contributed by atoms with Gasteiger partial charge in [0.1, 0.15) is 5.69 Å². The Morgan fingerprint density at radius 2 is 1.96 bits per heavy atom. The number of anilines is 1. The van der Waals surface area contributed by atoms with Crippen molar-refractivity contribution in [2.45, 2.75) is 38.2 Å². The molecule has 1 aromatic heterocycles. The standard InChI is InChI=1S/C22H28N4O2/c27-21(20-8-11-23-22(25-20)24-16-19-7-4-14-28-19)26-12-9-18(10-13-26)15-17-5-2-1-3-6-17/h1-3,5-6,8,11,18-19H,4,7,9-10,12-16H2,(H,23,24,25). The van der Waals surface area contributed by atoms with Crippen LogP contribution in [0.1, 0.15) is 41.7 Å². The molecule has 2 aliphatic heterocycles. The number of hydrogen-bond acceptors (Lipinski definition) is 5. The Labute approximate surface area is 166 Å². The molecule has 0 saturated carbocycles.